The number of ether oxygens (including phenoxy) is 1. The second kappa shape index (κ2) is 6.33. The van der Waals surface area contributed by atoms with Gasteiger partial charge in [-0.15, -0.1) is 0 Å². The lowest BCUT2D eigenvalue weighted by Crippen LogP contribution is -2.07. The Labute approximate surface area is 132 Å². The number of nitrogens with zero attached hydrogens (tertiary/aromatic N) is 1. The van der Waals surface area contributed by atoms with Gasteiger partial charge in [-0.25, -0.2) is 0 Å². The highest BCUT2D eigenvalue weighted by molar-refractivity contribution is 9.10. The van der Waals surface area contributed by atoms with Gasteiger partial charge in [-0.05, 0) is 53.4 Å². The van der Waals surface area contributed by atoms with Crippen LogP contribution in [0.1, 0.15) is 5.56 Å². The molecule has 0 unspecified atom stereocenters. The average Bonchev–Trinajstić information content (AvgIpc) is 2.91. The molecule has 108 valence electrons. The topological polar surface area (TPSA) is 40.2 Å². The zero-order chi connectivity index (χ0) is 14.7. The van der Waals surface area contributed by atoms with E-state index in [-0.39, 0.29) is 0 Å². The van der Waals surface area contributed by atoms with E-state index in [2.05, 4.69) is 51.0 Å². The lowest BCUT2D eigenvalue weighted by Gasteiger charge is -2.08. The Morgan fingerprint density at radius 3 is 2.62 bits per heavy atom. The zero-order valence-corrected chi connectivity index (χ0v) is 13.2. The first kappa shape index (κ1) is 14.2. The van der Waals surface area contributed by atoms with Gasteiger partial charge in [-0.1, -0.05) is 22.0 Å². The first-order chi connectivity index (χ1) is 10.3. The molecule has 0 atom stereocenters. The van der Waals surface area contributed by atoms with Crippen molar-refractivity contribution in [2.75, 3.05) is 6.61 Å². The molecule has 0 aliphatic heterocycles. The maximum atomic E-state index is 5.77. The second-order valence-electron chi connectivity index (χ2n) is 4.91. The van der Waals surface area contributed by atoms with Crippen LogP contribution in [0.4, 0.5) is 0 Å². The lowest BCUT2D eigenvalue weighted by atomic mass is 10.1. The van der Waals surface area contributed by atoms with Crippen molar-refractivity contribution in [3.8, 4) is 5.75 Å². The average molecular weight is 345 g/mol. The molecular weight excluding hydrogens is 328 g/mol. The second-order valence-corrected chi connectivity index (χ2v) is 5.82. The summed E-state index contributed by atoms with van der Waals surface area (Å²) in [4.78, 5) is 0. The Morgan fingerprint density at radius 1 is 1.05 bits per heavy atom. The summed E-state index contributed by atoms with van der Waals surface area (Å²) >= 11 is 3.42. The largest absolute Gasteiger partial charge is 0.492 e. The van der Waals surface area contributed by atoms with Crippen molar-refractivity contribution in [1.82, 2.24) is 4.57 Å². The fraction of sp³-hybridized carbons (Fsp3) is 0.176. The molecule has 2 aromatic carbocycles. The standard InChI is InChI=1S/C17H17BrN2O/c18-15-2-4-16(5-3-15)21-10-9-20-8-7-14-11-13(12-19)1-6-17(14)20/h1-8,11H,9-10,12,19H2. The van der Waals surface area contributed by atoms with Crippen molar-refractivity contribution in [2.45, 2.75) is 13.1 Å². The van der Waals surface area contributed by atoms with Crippen molar-refractivity contribution in [3.63, 3.8) is 0 Å². The molecule has 1 heterocycles. The van der Waals surface area contributed by atoms with E-state index in [9.17, 15) is 0 Å². The van der Waals surface area contributed by atoms with Crippen LogP contribution in [0.25, 0.3) is 10.9 Å². The van der Waals surface area contributed by atoms with E-state index < -0.39 is 0 Å². The maximum absolute atomic E-state index is 5.77. The Balaban J connectivity index is 1.66. The molecule has 2 N–H and O–H groups in total. The smallest absolute Gasteiger partial charge is 0.119 e. The van der Waals surface area contributed by atoms with Crippen LogP contribution in [-0.2, 0) is 13.1 Å². The first-order valence-electron chi connectivity index (χ1n) is 6.92. The van der Waals surface area contributed by atoms with Gasteiger partial charge in [-0.3, -0.25) is 0 Å². The van der Waals surface area contributed by atoms with Gasteiger partial charge < -0.3 is 15.0 Å². The van der Waals surface area contributed by atoms with Crippen LogP contribution in [-0.4, -0.2) is 11.2 Å². The van der Waals surface area contributed by atoms with Gasteiger partial charge >= 0.3 is 0 Å². The minimum absolute atomic E-state index is 0.577. The number of benzene rings is 2. The molecular formula is C17H17BrN2O. The van der Waals surface area contributed by atoms with Crippen molar-refractivity contribution in [3.05, 3.63) is 64.8 Å². The molecule has 0 radical (unpaired) electrons. The van der Waals surface area contributed by atoms with Crippen LogP contribution < -0.4 is 10.5 Å². The van der Waals surface area contributed by atoms with Crippen molar-refractivity contribution < 1.29 is 4.74 Å². The predicted molar refractivity (Wildman–Crippen MR) is 89.5 cm³/mol. The minimum atomic E-state index is 0.577. The molecule has 21 heavy (non-hydrogen) atoms. The lowest BCUT2D eigenvalue weighted by molar-refractivity contribution is 0.300. The number of hydrogen-bond donors (Lipinski definition) is 1. The van der Waals surface area contributed by atoms with Gasteiger partial charge in [0, 0.05) is 22.7 Å². The first-order valence-corrected chi connectivity index (χ1v) is 7.72. The maximum Gasteiger partial charge on any atom is 0.119 e. The van der Waals surface area contributed by atoms with Crippen LogP contribution >= 0.6 is 15.9 Å². The minimum Gasteiger partial charge on any atom is -0.492 e. The third-order valence-corrected chi connectivity index (χ3v) is 4.01. The third kappa shape index (κ3) is 3.28. The SMILES string of the molecule is NCc1ccc2c(ccn2CCOc2ccc(Br)cc2)c1. The Hall–Kier alpha value is -1.78. The van der Waals surface area contributed by atoms with E-state index in [1.54, 1.807) is 0 Å². The third-order valence-electron chi connectivity index (χ3n) is 3.49. The van der Waals surface area contributed by atoms with Crippen LogP contribution in [0.2, 0.25) is 0 Å². The monoisotopic (exact) mass is 344 g/mol. The molecule has 1 aromatic heterocycles. The molecule has 0 bridgehead atoms. The summed E-state index contributed by atoms with van der Waals surface area (Å²) in [5.74, 6) is 0.889. The number of halogens is 1. The quantitative estimate of drug-likeness (QED) is 0.761. The molecule has 3 rings (SSSR count). The molecule has 0 spiro atoms. The molecule has 0 saturated heterocycles. The van der Waals surface area contributed by atoms with E-state index >= 15 is 0 Å². The van der Waals surface area contributed by atoms with Crippen LogP contribution in [0.3, 0.4) is 0 Å². The van der Waals surface area contributed by atoms with Gasteiger partial charge in [0.1, 0.15) is 12.4 Å². The number of nitrogens with two attached hydrogens (primary N) is 1. The van der Waals surface area contributed by atoms with Crippen LogP contribution in [0, 0.1) is 0 Å². The van der Waals surface area contributed by atoms with E-state index in [0.29, 0.717) is 13.2 Å². The summed E-state index contributed by atoms with van der Waals surface area (Å²) in [7, 11) is 0. The Morgan fingerprint density at radius 2 is 1.86 bits per heavy atom. The molecule has 0 aliphatic carbocycles. The fourth-order valence-electron chi connectivity index (χ4n) is 2.36. The molecule has 0 fully saturated rings. The highest BCUT2D eigenvalue weighted by Gasteiger charge is 2.02. The molecule has 4 heteroatoms. The van der Waals surface area contributed by atoms with Crippen LogP contribution in [0.15, 0.2) is 59.2 Å². The van der Waals surface area contributed by atoms with E-state index in [4.69, 9.17) is 10.5 Å². The van der Waals surface area contributed by atoms with E-state index in [0.717, 1.165) is 22.3 Å². The number of aromatic nitrogens is 1. The fourth-order valence-corrected chi connectivity index (χ4v) is 2.63. The Kier molecular flexibility index (Phi) is 4.27. The summed E-state index contributed by atoms with van der Waals surface area (Å²) in [6.07, 6.45) is 2.09. The van der Waals surface area contributed by atoms with E-state index in [1.165, 1.54) is 10.9 Å². The van der Waals surface area contributed by atoms with Crippen molar-refractivity contribution in [2.24, 2.45) is 5.73 Å². The summed E-state index contributed by atoms with van der Waals surface area (Å²) < 4.78 is 9.03. The van der Waals surface area contributed by atoms with Crippen molar-refractivity contribution in [1.29, 1.82) is 0 Å². The van der Waals surface area contributed by atoms with Gasteiger partial charge in [0.25, 0.3) is 0 Å². The summed E-state index contributed by atoms with van der Waals surface area (Å²) in [5.41, 5.74) is 8.05. The Bertz CT molecular complexity index is 734. The zero-order valence-electron chi connectivity index (χ0n) is 11.6. The molecule has 0 aliphatic rings. The summed E-state index contributed by atoms with van der Waals surface area (Å²) in [5, 5.41) is 1.22. The van der Waals surface area contributed by atoms with E-state index in [1.807, 2.05) is 24.3 Å². The number of fused-ring (bicyclic) bond motifs is 1. The molecule has 0 saturated carbocycles. The highest BCUT2D eigenvalue weighted by atomic mass is 79.9. The molecule has 0 amide bonds. The molecule has 3 nitrogen and oxygen atoms in total. The summed E-state index contributed by atoms with van der Waals surface area (Å²) in [6.45, 7) is 2.04. The van der Waals surface area contributed by atoms with Gasteiger partial charge in [0.05, 0.1) is 6.54 Å². The predicted octanol–water partition coefficient (Wildman–Crippen LogP) is 3.94. The number of hydrogen-bond acceptors (Lipinski definition) is 2. The normalized spacial score (nSPS) is 11.0. The van der Waals surface area contributed by atoms with Gasteiger partial charge in [0.15, 0.2) is 0 Å². The highest BCUT2D eigenvalue weighted by Crippen LogP contribution is 2.19. The van der Waals surface area contributed by atoms with Crippen LogP contribution in [0.5, 0.6) is 5.75 Å². The summed E-state index contributed by atoms with van der Waals surface area (Å²) in [6, 6.07) is 16.3. The van der Waals surface area contributed by atoms with Crippen molar-refractivity contribution >= 4 is 26.8 Å². The van der Waals surface area contributed by atoms with Gasteiger partial charge in [-0.2, -0.15) is 0 Å². The number of rotatable bonds is 5. The molecule has 3 aromatic rings. The van der Waals surface area contributed by atoms with Gasteiger partial charge in [0.2, 0.25) is 0 Å².